The summed E-state index contributed by atoms with van der Waals surface area (Å²) in [6.45, 7) is 3.51. The van der Waals surface area contributed by atoms with Crippen molar-refractivity contribution in [3.8, 4) is 5.75 Å². The molecule has 0 radical (unpaired) electrons. The molecular formula is C23H23NO6S. The predicted molar refractivity (Wildman–Crippen MR) is 116 cm³/mol. The molecule has 0 saturated heterocycles. The molecule has 8 heteroatoms. The molecule has 0 fully saturated rings. The van der Waals surface area contributed by atoms with Crippen molar-refractivity contribution in [1.82, 2.24) is 4.72 Å². The number of sulfonamides is 1. The lowest BCUT2D eigenvalue weighted by Gasteiger charge is -2.11. The fourth-order valence-corrected chi connectivity index (χ4v) is 4.87. The molecule has 31 heavy (non-hydrogen) atoms. The molecule has 2 aromatic carbocycles. The summed E-state index contributed by atoms with van der Waals surface area (Å²) in [5.41, 5.74) is 3.36. The summed E-state index contributed by atoms with van der Waals surface area (Å²) in [7, 11) is -3.70. The summed E-state index contributed by atoms with van der Waals surface area (Å²) in [5.74, 6) is -0.294. The van der Waals surface area contributed by atoms with E-state index in [0.29, 0.717) is 16.9 Å². The number of hydrogen-bond acceptors (Lipinski definition) is 6. The topological polar surface area (TPSA) is 103 Å². The summed E-state index contributed by atoms with van der Waals surface area (Å²) >= 11 is 0. The third-order valence-electron chi connectivity index (χ3n) is 5.52. The lowest BCUT2D eigenvalue weighted by atomic mass is 10.0. The molecule has 1 heterocycles. The Bertz CT molecular complexity index is 1320. The Morgan fingerprint density at radius 2 is 1.77 bits per heavy atom. The van der Waals surface area contributed by atoms with Gasteiger partial charge in [0.05, 0.1) is 11.3 Å². The molecule has 0 amide bonds. The van der Waals surface area contributed by atoms with Crippen molar-refractivity contribution in [2.24, 2.45) is 0 Å². The van der Waals surface area contributed by atoms with Crippen LogP contribution < -0.4 is 15.1 Å². The maximum atomic E-state index is 12.3. The minimum atomic E-state index is -3.70. The zero-order chi connectivity index (χ0) is 22.2. The number of nitrogens with one attached hydrogen (secondary N) is 1. The van der Waals surface area contributed by atoms with E-state index in [4.69, 9.17) is 9.15 Å². The van der Waals surface area contributed by atoms with Crippen molar-refractivity contribution >= 4 is 27.0 Å². The van der Waals surface area contributed by atoms with Crippen LogP contribution in [-0.4, -0.2) is 20.9 Å². The summed E-state index contributed by atoms with van der Waals surface area (Å²) in [4.78, 5) is 24.7. The largest absolute Gasteiger partial charge is 0.426 e. The van der Waals surface area contributed by atoms with Gasteiger partial charge in [0.2, 0.25) is 10.0 Å². The average Bonchev–Trinajstić information content (AvgIpc) is 3.22. The fourth-order valence-electron chi connectivity index (χ4n) is 3.84. The van der Waals surface area contributed by atoms with Crippen LogP contribution in [-0.2, 0) is 27.7 Å². The highest BCUT2D eigenvalue weighted by Gasteiger charge is 2.22. The van der Waals surface area contributed by atoms with Gasteiger partial charge in [-0.25, -0.2) is 17.9 Å². The van der Waals surface area contributed by atoms with Crippen LogP contribution in [0.3, 0.4) is 0 Å². The smallest absolute Gasteiger partial charge is 0.339 e. The van der Waals surface area contributed by atoms with Crippen molar-refractivity contribution in [2.75, 3.05) is 6.54 Å². The van der Waals surface area contributed by atoms with Gasteiger partial charge in [0.15, 0.2) is 0 Å². The summed E-state index contributed by atoms with van der Waals surface area (Å²) in [6, 6.07) is 9.93. The van der Waals surface area contributed by atoms with Crippen LogP contribution in [0.25, 0.3) is 11.0 Å². The zero-order valence-corrected chi connectivity index (χ0v) is 18.2. The lowest BCUT2D eigenvalue weighted by Crippen LogP contribution is -2.27. The van der Waals surface area contributed by atoms with Crippen LogP contribution >= 0.6 is 0 Å². The van der Waals surface area contributed by atoms with Crippen LogP contribution in [0, 0.1) is 13.8 Å². The van der Waals surface area contributed by atoms with Crippen LogP contribution in [0.5, 0.6) is 5.75 Å². The Balaban J connectivity index is 1.44. The third kappa shape index (κ3) is 4.26. The molecule has 162 valence electrons. The molecule has 4 rings (SSSR count). The van der Waals surface area contributed by atoms with Crippen molar-refractivity contribution in [2.45, 2.75) is 44.4 Å². The molecule has 0 saturated carbocycles. The number of esters is 1. The van der Waals surface area contributed by atoms with Gasteiger partial charge in [-0.15, -0.1) is 0 Å². The first kappa shape index (κ1) is 21.3. The summed E-state index contributed by atoms with van der Waals surface area (Å²) < 4.78 is 37.9. The van der Waals surface area contributed by atoms with Gasteiger partial charge < -0.3 is 9.15 Å². The number of aryl methyl sites for hydroxylation is 3. The molecule has 1 N–H and O–H groups in total. The predicted octanol–water partition coefficient (Wildman–Crippen LogP) is 3.17. The van der Waals surface area contributed by atoms with Gasteiger partial charge in [-0.3, -0.25) is 4.79 Å². The number of benzene rings is 2. The first-order chi connectivity index (χ1) is 14.8. The van der Waals surface area contributed by atoms with E-state index >= 15 is 0 Å². The van der Waals surface area contributed by atoms with E-state index in [1.165, 1.54) is 12.1 Å². The van der Waals surface area contributed by atoms with Gasteiger partial charge in [0.1, 0.15) is 11.3 Å². The van der Waals surface area contributed by atoms with Crippen molar-refractivity contribution in [3.63, 3.8) is 0 Å². The zero-order valence-electron chi connectivity index (χ0n) is 17.4. The molecule has 0 atom stereocenters. The van der Waals surface area contributed by atoms with Crippen LogP contribution in [0.15, 0.2) is 50.5 Å². The van der Waals surface area contributed by atoms with E-state index in [9.17, 15) is 18.0 Å². The molecule has 0 unspecified atom stereocenters. The first-order valence-electron chi connectivity index (χ1n) is 10.1. The van der Waals surface area contributed by atoms with E-state index in [0.717, 1.165) is 41.3 Å². The van der Waals surface area contributed by atoms with E-state index in [-0.39, 0.29) is 23.5 Å². The Morgan fingerprint density at radius 1 is 1.06 bits per heavy atom. The maximum absolute atomic E-state index is 12.3. The van der Waals surface area contributed by atoms with Crippen LogP contribution in [0.4, 0.5) is 0 Å². The van der Waals surface area contributed by atoms with Gasteiger partial charge in [-0.1, -0.05) is 17.7 Å². The minimum absolute atomic E-state index is 0.0930. The third-order valence-corrected chi connectivity index (χ3v) is 6.99. The normalized spacial score (nSPS) is 13.4. The highest BCUT2D eigenvalue weighted by molar-refractivity contribution is 7.89. The molecule has 3 aromatic rings. The number of ether oxygens (including phenoxy) is 1. The Labute approximate surface area is 180 Å². The number of carbonyl (C=O) groups excluding carboxylic acids is 1. The molecule has 1 aliphatic rings. The Hall–Kier alpha value is -2.97. The van der Waals surface area contributed by atoms with E-state index < -0.39 is 16.0 Å². The minimum Gasteiger partial charge on any atom is -0.426 e. The standard InChI is InChI=1S/C23H23NO6S/c1-14-6-8-16(9-7-14)31(27,28)24-13-12-21(25)29-20-11-10-18-17-4-3-5-19(17)23(26)30-22(18)15(20)2/h6-11,24H,3-5,12-13H2,1-2H3. The summed E-state index contributed by atoms with van der Waals surface area (Å²) in [5, 5.41) is 0.871. The molecule has 7 nitrogen and oxygen atoms in total. The van der Waals surface area contributed by atoms with Crippen molar-refractivity contribution in [3.05, 3.63) is 69.1 Å². The molecular weight excluding hydrogens is 418 g/mol. The second-order valence-corrected chi connectivity index (χ2v) is 9.47. The fraction of sp³-hybridized carbons (Fsp3) is 0.304. The van der Waals surface area contributed by atoms with E-state index in [1.807, 2.05) is 6.92 Å². The molecule has 0 bridgehead atoms. The molecule has 0 spiro atoms. The van der Waals surface area contributed by atoms with Crippen LogP contribution in [0.1, 0.15) is 35.1 Å². The van der Waals surface area contributed by atoms with Gasteiger partial charge in [-0.05, 0) is 62.9 Å². The van der Waals surface area contributed by atoms with E-state index in [1.54, 1.807) is 31.2 Å². The molecule has 1 aromatic heterocycles. The molecule has 0 aliphatic heterocycles. The molecule has 1 aliphatic carbocycles. The second kappa shape index (κ2) is 8.28. The average molecular weight is 442 g/mol. The van der Waals surface area contributed by atoms with Gasteiger partial charge in [0, 0.05) is 23.1 Å². The van der Waals surface area contributed by atoms with E-state index in [2.05, 4.69) is 4.72 Å². The van der Waals surface area contributed by atoms with Gasteiger partial charge in [0.25, 0.3) is 0 Å². The van der Waals surface area contributed by atoms with Crippen LogP contribution in [0.2, 0.25) is 0 Å². The maximum Gasteiger partial charge on any atom is 0.339 e. The first-order valence-corrected chi connectivity index (χ1v) is 11.6. The SMILES string of the molecule is Cc1ccc(S(=O)(=O)NCCC(=O)Oc2ccc3c4c(c(=O)oc3c2C)CCC4)cc1. The number of carbonyl (C=O) groups is 1. The quantitative estimate of drug-likeness (QED) is 0.358. The van der Waals surface area contributed by atoms with Crippen molar-refractivity contribution in [1.29, 1.82) is 0 Å². The van der Waals surface area contributed by atoms with Gasteiger partial charge in [-0.2, -0.15) is 0 Å². The highest BCUT2D eigenvalue weighted by atomic mass is 32.2. The van der Waals surface area contributed by atoms with Crippen molar-refractivity contribution < 1.29 is 22.4 Å². The number of rotatable bonds is 6. The number of fused-ring (bicyclic) bond motifs is 3. The highest BCUT2D eigenvalue weighted by Crippen LogP contribution is 2.33. The Kier molecular flexibility index (Phi) is 5.68. The lowest BCUT2D eigenvalue weighted by molar-refractivity contribution is -0.134. The summed E-state index contributed by atoms with van der Waals surface area (Å²) in [6.07, 6.45) is 2.34. The Morgan fingerprint density at radius 3 is 2.52 bits per heavy atom. The number of hydrogen-bond donors (Lipinski definition) is 1. The monoisotopic (exact) mass is 441 g/mol. The van der Waals surface area contributed by atoms with Gasteiger partial charge >= 0.3 is 11.6 Å². The second-order valence-electron chi connectivity index (χ2n) is 7.70.